The van der Waals surface area contributed by atoms with E-state index in [4.69, 9.17) is 4.74 Å². The Hall–Kier alpha value is -1.36. The van der Waals surface area contributed by atoms with E-state index >= 15 is 0 Å². The van der Waals surface area contributed by atoms with E-state index in [-0.39, 0.29) is 23.7 Å². The third-order valence-corrected chi connectivity index (χ3v) is 4.60. The fourth-order valence-electron chi connectivity index (χ4n) is 3.25. The number of carbonyl (C=O) groups is 1. The molecule has 0 radical (unpaired) electrons. The number of rotatable bonds is 4. The second-order valence-corrected chi connectivity index (χ2v) is 6.46. The molecule has 1 unspecified atom stereocenters. The Morgan fingerprint density at radius 1 is 1.62 bits per heavy atom. The van der Waals surface area contributed by atoms with Crippen LogP contribution in [-0.4, -0.2) is 12.0 Å². The molecule has 0 saturated heterocycles. The number of halogens is 2. The summed E-state index contributed by atoms with van der Waals surface area (Å²) in [6.07, 6.45) is 2.58. The second kappa shape index (κ2) is 6.18. The van der Waals surface area contributed by atoms with E-state index in [1.807, 2.05) is 6.92 Å². The predicted octanol–water partition coefficient (Wildman–Crippen LogP) is 3.88. The minimum Gasteiger partial charge on any atom is -0.499 e. The van der Waals surface area contributed by atoms with E-state index in [0.717, 1.165) is 10.9 Å². The lowest BCUT2D eigenvalue weighted by atomic mass is 9.81. The first-order chi connectivity index (χ1) is 9.89. The summed E-state index contributed by atoms with van der Waals surface area (Å²) < 4.78 is 20.6. The van der Waals surface area contributed by atoms with Gasteiger partial charge in [-0.25, -0.2) is 4.39 Å². The Morgan fingerprint density at radius 3 is 2.95 bits per heavy atom. The SMILES string of the molecule is C=COC1C[C@@H](C)[C@](NC(C)=O)(c2cc(Br)ccc2F)C1. The highest BCUT2D eigenvalue weighted by molar-refractivity contribution is 9.10. The van der Waals surface area contributed by atoms with Gasteiger partial charge in [0, 0.05) is 23.4 Å². The van der Waals surface area contributed by atoms with E-state index in [9.17, 15) is 9.18 Å². The van der Waals surface area contributed by atoms with Gasteiger partial charge in [0.2, 0.25) is 5.91 Å². The molecule has 1 aliphatic carbocycles. The molecule has 1 N–H and O–H groups in total. The standard InChI is InChI=1S/C16H19BrFNO2/c1-4-21-13-7-10(2)16(9-13,19-11(3)20)14-8-12(17)5-6-15(14)18/h4-6,8,10,13H,1,7,9H2,2-3H3,(H,19,20)/t10-,13?,16+/m1/s1. The molecule has 21 heavy (non-hydrogen) atoms. The molecule has 1 saturated carbocycles. The second-order valence-electron chi connectivity index (χ2n) is 5.54. The molecule has 114 valence electrons. The van der Waals surface area contributed by atoms with Gasteiger partial charge in [-0.05, 0) is 30.5 Å². The third-order valence-electron chi connectivity index (χ3n) is 4.10. The summed E-state index contributed by atoms with van der Waals surface area (Å²) in [5.41, 5.74) is -0.261. The highest BCUT2D eigenvalue weighted by Crippen LogP contribution is 2.46. The molecule has 1 fully saturated rings. The molecular formula is C16H19BrFNO2. The average molecular weight is 356 g/mol. The molecule has 0 heterocycles. The third kappa shape index (κ3) is 3.12. The predicted molar refractivity (Wildman–Crippen MR) is 83.1 cm³/mol. The summed E-state index contributed by atoms with van der Waals surface area (Å²) in [4.78, 5) is 11.7. The number of nitrogens with one attached hydrogen (secondary N) is 1. The van der Waals surface area contributed by atoms with Crippen LogP contribution in [0.2, 0.25) is 0 Å². The van der Waals surface area contributed by atoms with Crippen LogP contribution in [0.25, 0.3) is 0 Å². The minimum absolute atomic E-state index is 0.0511. The number of benzene rings is 1. The van der Waals surface area contributed by atoms with Gasteiger partial charge in [0.15, 0.2) is 0 Å². The van der Waals surface area contributed by atoms with Crippen LogP contribution in [0.15, 0.2) is 35.5 Å². The molecule has 0 bridgehead atoms. The summed E-state index contributed by atoms with van der Waals surface area (Å²) >= 11 is 3.37. The van der Waals surface area contributed by atoms with Crippen LogP contribution in [-0.2, 0) is 15.1 Å². The Balaban J connectivity index is 2.49. The number of ether oxygens (including phenoxy) is 1. The Bertz CT molecular complexity index is 563. The molecule has 3 nitrogen and oxygen atoms in total. The van der Waals surface area contributed by atoms with Crippen LogP contribution >= 0.6 is 15.9 Å². The van der Waals surface area contributed by atoms with E-state index < -0.39 is 5.54 Å². The lowest BCUT2D eigenvalue weighted by molar-refractivity contribution is -0.121. The van der Waals surface area contributed by atoms with Crippen LogP contribution in [0.3, 0.4) is 0 Å². The summed E-state index contributed by atoms with van der Waals surface area (Å²) in [7, 11) is 0. The number of carbonyl (C=O) groups excluding carboxylic acids is 1. The van der Waals surface area contributed by atoms with Crippen molar-refractivity contribution in [2.24, 2.45) is 5.92 Å². The van der Waals surface area contributed by atoms with Crippen molar-refractivity contribution in [3.05, 3.63) is 46.9 Å². The van der Waals surface area contributed by atoms with Gasteiger partial charge in [0.05, 0.1) is 11.8 Å². The average Bonchev–Trinajstić information content (AvgIpc) is 2.69. The number of hydrogen-bond donors (Lipinski definition) is 1. The maximum Gasteiger partial charge on any atom is 0.217 e. The zero-order valence-corrected chi connectivity index (χ0v) is 13.7. The molecule has 3 atom stereocenters. The smallest absolute Gasteiger partial charge is 0.217 e. The zero-order valence-electron chi connectivity index (χ0n) is 12.2. The molecule has 0 aromatic heterocycles. The number of hydrogen-bond acceptors (Lipinski definition) is 2. The first-order valence-electron chi connectivity index (χ1n) is 6.89. The highest BCUT2D eigenvalue weighted by Gasteiger charge is 2.49. The fourth-order valence-corrected chi connectivity index (χ4v) is 3.61. The van der Waals surface area contributed by atoms with Crippen LogP contribution < -0.4 is 5.32 Å². The van der Waals surface area contributed by atoms with Crippen molar-refractivity contribution in [3.63, 3.8) is 0 Å². The summed E-state index contributed by atoms with van der Waals surface area (Å²) in [6.45, 7) is 7.02. The molecule has 1 aromatic carbocycles. The molecule has 2 rings (SSSR count). The Kier molecular flexibility index (Phi) is 4.71. The number of amides is 1. The molecule has 5 heteroatoms. The van der Waals surface area contributed by atoms with E-state index in [1.165, 1.54) is 19.3 Å². The molecule has 0 aliphatic heterocycles. The van der Waals surface area contributed by atoms with Crippen molar-refractivity contribution in [2.75, 3.05) is 0 Å². The fraction of sp³-hybridized carbons (Fsp3) is 0.438. The van der Waals surface area contributed by atoms with Crippen LogP contribution in [0.5, 0.6) is 0 Å². The van der Waals surface area contributed by atoms with Crippen molar-refractivity contribution in [1.29, 1.82) is 0 Å². The molecule has 1 aromatic rings. The van der Waals surface area contributed by atoms with Crippen molar-refractivity contribution in [2.45, 2.75) is 38.3 Å². The summed E-state index contributed by atoms with van der Waals surface area (Å²) in [6, 6.07) is 4.80. The minimum atomic E-state index is -0.757. The van der Waals surface area contributed by atoms with Crippen molar-refractivity contribution < 1.29 is 13.9 Å². The van der Waals surface area contributed by atoms with Crippen molar-refractivity contribution >= 4 is 21.8 Å². The van der Waals surface area contributed by atoms with Gasteiger partial charge in [0.25, 0.3) is 0 Å². The highest BCUT2D eigenvalue weighted by atomic mass is 79.9. The van der Waals surface area contributed by atoms with E-state index in [1.54, 1.807) is 12.1 Å². The molecular weight excluding hydrogens is 337 g/mol. The lowest BCUT2D eigenvalue weighted by Crippen LogP contribution is -2.48. The van der Waals surface area contributed by atoms with Gasteiger partial charge >= 0.3 is 0 Å². The molecule has 1 aliphatic rings. The van der Waals surface area contributed by atoms with E-state index in [2.05, 4.69) is 27.8 Å². The Morgan fingerprint density at radius 2 is 2.33 bits per heavy atom. The zero-order chi connectivity index (χ0) is 15.6. The van der Waals surface area contributed by atoms with E-state index in [0.29, 0.717) is 12.0 Å². The lowest BCUT2D eigenvalue weighted by Gasteiger charge is -2.35. The van der Waals surface area contributed by atoms with Gasteiger partial charge in [-0.2, -0.15) is 0 Å². The Labute approximate surface area is 132 Å². The van der Waals surface area contributed by atoms with Crippen LogP contribution in [0, 0.1) is 11.7 Å². The van der Waals surface area contributed by atoms with Gasteiger partial charge in [-0.1, -0.05) is 29.4 Å². The van der Waals surface area contributed by atoms with Crippen LogP contribution in [0.4, 0.5) is 4.39 Å². The van der Waals surface area contributed by atoms with Gasteiger partial charge < -0.3 is 10.1 Å². The quantitative estimate of drug-likeness (QED) is 0.832. The first kappa shape index (κ1) is 16.0. The normalized spacial score (nSPS) is 28.2. The first-order valence-corrected chi connectivity index (χ1v) is 7.69. The molecule has 0 spiro atoms. The molecule has 1 amide bonds. The topological polar surface area (TPSA) is 38.3 Å². The van der Waals surface area contributed by atoms with Crippen molar-refractivity contribution in [3.8, 4) is 0 Å². The van der Waals surface area contributed by atoms with Gasteiger partial charge in [0.1, 0.15) is 11.9 Å². The van der Waals surface area contributed by atoms with Gasteiger partial charge in [-0.15, -0.1) is 0 Å². The van der Waals surface area contributed by atoms with Gasteiger partial charge in [-0.3, -0.25) is 4.79 Å². The van der Waals surface area contributed by atoms with Crippen LogP contribution in [0.1, 0.15) is 32.3 Å². The monoisotopic (exact) mass is 355 g/mol. The summed E-state index contributed by atoms with van der Waals surface area (Å²) in [5.74, 6) is -0.450. The van der Waals surface area contributed by atoms with Crippen molar-refractivity contribution in [1.82, 2.24) is 5.32 Å². The maximum absolute atomic E-state index is 14.4. The largest absolute Gasteiger partial charge is 0.499 e. The maximum atomic E-state index is 14.4. The summed E-state index contributed by atoms with van der Waals surface area (Å²) in [5, 5.41) is 2.96.